The molecule has 1 atom stereocenters. The Balaban J connectivity index is 2.04. The van der Waals surface area contributed by atoms with Crippen molar-refractivity contribution in [2.45, 2.75) is 19.5 Å². The predicted octanol–water partition coefficient (Wildman–Crippen LogP) is 0.0130. The van der Waals surface area contributed by atoms with Gasteiger partial charge in [-0.3, -0.25) is 4.79 Å². The van der Waals surface area contributed by atoms with E-state index < -0.39 is 5.97 Å². The first kappa shape index (κ1) is 15.6. The van der Waals surface area contributed by atoms with E-state index in [1.54, 1.807) is 19.3 Å². The molecule has 0 aliphatic rings. The van der Waals surface area contributed by atoms with Crippen LogP contribution in [0.4, 0.5) is 5.69 Å². The van der Waals surface area contributed by atoms with E-state index in [0.717, 1.165) is 0 Å². The van der Waals surface area contributed by atoms with Crippen LogP contribution in [0.15, 0.2) is 29.3 Å². The number of nitrogens with two attached hydrogens (primary N) is 1. The average molecular weight is 329 g/mol. The minimum absolute atomic E-state index is 0.144. The molecular formula is C14H15N7O3. The van der Waals surface area contributed by atoms with Crippen molar-refractivity contribution in [2.75, 3.05) is 12.8 Å². The summed E-state index contributed by atoms with van der Waals surface area (Å²) in [7, 11) is 1.25. The van der Waals surface area contributed by atoms with Gasteiger partial charge in [0.25, 0.3) is 5.56 Å². The molecule has 0 bridgehead atoms. The highest BCUT2D eigenvalue weighted by Gasteiger charge is 2.17. The highest BCUT2D eigenvalue weighted by Crippen LogP contribution is 2.19. The molecule has 0 fully saturated rings. The van der Waals surface area contributed by atoms with Crippen LogP contribution < -0.4 is 11.3 Å². The SMILES string of the molecule is COC(=O)c1cc2nnn([C@H](C)Cn3nccn3)c(=O)c2cc1N. The van der Waals surface area contributed by atoms with Crippen molar-refractivity contribution < 1.29 is 9.53 Å². The van der Waals surface area contributed by atoms with Gasteiger partial charge in [0.2, 0.25) is 0 Å². The zero-order valence-electron chi connectivity index (χ0n) is 13.1. The lowest BCUT2D eigenvalue weighted by molar-refractivity contribution is 0.0602. The van der Waals surface area contributed by atoms with Crippen LogP contribution in [-0.2, 0) is 11.3 Å². The van der Waals surface area contributed by atoms with Gasteiger partial charge in [0.15, 0.2) is 0 Å². The van der Waals surface area contributed by atoms with Gasteiger partial charge < -0.3 is 10.5 Å². The molecule has 0 saturated carbocycles. The van der Waals surface area contributed by atoms with Crippen molar-refractivity contribution in [3.8, 4) is 0 Å². The summed E-state index contributed by atoms with van der Waals surface area (Å²) in [6.45, 7) is 2.17. The van der Waals surface area contributed by atoms with Crippen molar-refractivity contribution in [3.63, 3.8) is 0 Å². The van der Waals surface area contributed by atoms with Gasteiger partial charge in [-0.25, -0.2) is 9.48 Å². The molecule has 0 amide bonds. The Bertz CT molecular complexity index is 949. The largest absolute Gasteiger partial charge is 0.465 e. The van der Waals surface area contributed by atoms with E-state index in [-0.39, 0.29) is 33.8 Å². The maximum absolute atomic E-state index is 12.6. The van der Waals surface area contributed by atoms with E-state index in [4.69, 9.17) is 5.73 Å². The first-order valence-electron chi connectivity index (χ1n) is 7.12. The van der Waals surface area contributed by atoms with Gasteiger partial charge in [0, 0.05) is 5.69 Å². The Hall–Kier alpha value is -3.30. The molecule has 124 valence electrons. The summed E-state index contributed by atoms with van der Waals surface area (Å²) in [4.78, 5) is 25.8. The number of rotatable bonds is 4. The van der Waals surface area contributed by atoms with E-state index in [9.17, 15) is 9.59 Å². The van der Waals surface area contributed by atoms with Crippen molar-refractivity contribution in [1.82, 2.24) is 30.0 Å². The van der Waals surface area contributed by atoms with Crippen LogP contribution in [0.2, 0.25) is 0 Å². The number of carbonyl (C=O) groups excluding carboxylic acids is 1. The van der Waals surface area contributed by atoms with Crippen LogP contribution in [0.1, 0.15) is 23.3 Å². The monoisotopic (exact) mass is 329 g/mol. The van der Waals surface area contributed by atoms with Crippen molar-refractivity contribution in [3.05, 3.63) is 40.4 Å². The number of carbonyl (C=O) groups is 1. The van der Waals surface area contributed by atoms with Gasteiger partial charge in [-0.15, -0.1) is 5.10 Å². The highest BCUT2D eigenvalue weighted by molar-refractivity contribution is 5.99. The summed E-state index contributed by atoms with van der Waals surface area (Å²) in [5, 5.41) is 16.2. The third kappa shape index (κ3) is 2.69. The van der Waals surface area contributed by atoms with Crippen molar-refractivity contribution >= 4 is 22.6 Å². The number of nitrogen functional groups attached to an aromatic ring is 1. The number of hydrogen-bond donors (Lipinski definition) is 1. The molecule has 3 aromatic rings. The van der Waals surface area contributed by atoms with Crippen LogP contribution in [-0.4, -0.2) is 43.1 Å². The van der Waals surface area contributed by atoms with Gasteiger partial charge in [-0.05, 0) is 19.1 Å². The number of methoxy groups -OCH3 is 1. The fraction of sp³-hybridized carbons (Fsp3) is 0.286. The number of aromatic nitrogens is 6. The molecule has 2 heterocycles. The van der Waals surface area contributed by atoms with E-state index in [1.165, 1.54) is 28.7 Å². The molecule has 1 aromatic carbocycles. The Morgan fingerprint density at radius 1 is 1.33 bits per heavy atom. The average Bonchev–Trinajstić information content (AvgIpc) is 3.07. The van der Waals surface area contributed by atoms with Crippen LogP contribution >= 0.6 is 0 Å². The first-order valence-corrected chi connectivity index (χ1v) is 7.12. The summed E-state index contributed by atoms with van der Waals surface area (Å²) >= 11 is 0. The van der Waals surface area contributed by atoms with Gasteiger partial charge in [0.05, 0.1) is 43.0 Å². The topological polar surface area (TPSA) is 131 Å². The van der Waals surface area contributed by atoms with Crippen LogP contribution in [0.25, 0.3) is 10.9 Å². The zero-order chi connectivity index (χ0) is 17.3. The van der Waals surface area contributed by atoms with E-state index in [1.807, 2.05) is 0 Å². The summed E-state index contributed by atoms with van der Waals surface area (Å²) in [5.74, 6) is -0.599. The lowest BCUT2D eigenvalue weighted by atomic mass is 10.1. The second-order valence-corrected chi connectivity index (χ2v) is 5.22. The molecule has 10 heteroatoms. The molecule has 0 radical (unpaired) electrons. The zero-order valence-corrected chi connectivity index (χ0v) is 13.1. The molecular weight excluding hydrogens is 314 g/mol. The number of esters is 1. The number of ether oxygens (including phenoxy) is 1. The lowest BCUT2D eigenvalue weighted by Gasteiger charge is -2.13. The summed E-state index contributed by atoms with van der Waals surface area (Å²) < 4.78 is 5.89. The number of benzene rings is 1. The Morgan fingerprint density at radius 3 is 2.71 bits per heavy atom. The Labute approximate surface area is 135 Å². The molecule has 10 nitrogen and oxygen atoms in total. The Morgan fingerprint density at radius 2 is 2.04 bits per heavy atom. The molecule has 0 saturated heterocycles. The number of anilines is 1. The normalized spacial score (nSPS) is 12.2. The van der Waals surface area contributed by atoms with E-state index in [2.05, 4.69) is 25.2 Å². The third-order valence-corrected chi connectivity index (χ3v) is 3.57. The molecule has 24 heavy (non-hydrogen) atoms. The fourth-order valence-corrected chi connectivity index (χ4v) is 2.35. The Kier molecular flexibility index (Phi) is 3.94. The smallest absolute Gasteiger partial charge is 0.340 e. The van der Waals surface area contributed by atoms with Gasteiger partial charge in [-0.2, -0.15) is 15.0 Å². The first-order chi connectivity index (χ1) is 11.5. The molecule has 2 aromatic heterocycles. The lowest BCUT2D eigenvalue weighted by Crippen LogP contribution is -2.30. The van der Waals surface area contributed by atoms with Crippen LogP contribution in [0.3, 0.4) is 0 Å². The quantitative estimate of drug-likeness (QED) is 0.523. The molecule has 0 spiro atoms. The molecule has 0 aliphatic heterocycles. The standard InChI is InChI=1S/C14H15N7O3/c1-8(7-20-16-3-4-17-20)21-13(22)10-5-11(15)9(14(23)24-2)6-12(10)18-19-21/h3-6,8H,7,15H2,1-2H3/t8-/m1/s1. The minimum atomic E-state index is -0.599. The number of nitrogens with zero attached hydrogens (tertiary/aromatic N) is 6. The van der Waals surface area contributed by atoms with Gasteiger partial charge >= 0.3 is 5.97 Å². The van der Waals surface area contributed by atoms with Crippen LogP contribution in [0.5, 0.6) is 0 Å². The maximum atomic E-state index is 12.6. The summed E-state index contributed by atoms with van der Waals surface area (Å²) in [6.07, 6.45) is 3.10. The second kappa shape index (κ2) is 6.07. The fourth-order valence-electron chi connectivity index (χ4n) is 2.35. The van der Waals surface area contributed by atoms with E-state index >= 15 is 0 Å². The predicted molar refractivity (Wildman–Crippen MR) is 84.3 cm³/mol. The highest BCUT2D eigenvalue weighted by atomic mass is 16.5. The molecule has 0 aliphatic carbocycles. The molecule has 2 N–H and O–H groups in total. The van der Waals surface area contributed by atoms with Gasteiger partial charge in [-0.1, -0.05) is 5.21 Å². The molecule has 3 rings (SSSR count). The third-order valence-electron chi connectivity index (χ3n) is 3.57. The maximum Gasteiger partial charge on any atom is 0.340 e. The summed E-state index contributed by atoms with van der Waals surface area (Å²) in [5.41, 5.74) is 6.05. The minimum Gasteiger partial charge on any atom is -0.465 e. The molecule has 0 unspecified atom stereocenters. The number of fused-ring (bicyclic) bond motifs is 1. The van der Waals surface area contributed by atoms with Crippen molar-refractivity contribution in [1.29, 1.82) is 0 Å². The number of hydrogen-bond acceptors (Lipinski definition) is 8. The van der Waals surface area contributed by atoms with Crippen molar-refractivity contribution in [2.24, 2.45) is 0 Å². The van der Waals surface area contributed by atoms with E-state index in [0.29, 0.717) is 6.54 Å². The van der Waals surface area contributed by atoms with Gasteiger partial charge in [0.1, 0.15) is 5.52 Å². The summed E-state index contributed by atoms with van der Waals surface area (Å²) in [6, 6.07) is 2.49. The second-order valence-electron chi connectivity index (χ2n) is 5.22. The van der Waals surface area contributed by atoms with Crippen LogP contribution in [0, 0.1) is 0 Å².